The number of benzene rings is 2. The molecule has 3 rings (SSSR count). The Morgan fingerprint density at radius 2 is 1.68 bits per heavy atom. The van der Waals surface area contributed by atoms with Crippen molar-refractivity contribution in [1.82, 2.24) is 10.2 Å². The quantitative estimate of drug-likeness (QED) is 0.775. The topological polar surface area (TPSA) is 45.8 Å². The number of nitrogens with one attached hydrogen (secondary N) is 1. The molecule has 0 aliphatic heterocycles. The molecule has 0 fully saturated rings. The second-order valence-electron chi connectivity index (χ2n) is 4.32. The molecule has 3 aromatic rings. The zero-order valence-electron chi connectivity index (χ0n) is 10.4. The summed E-state index contributed by atoms with van der Waals surface area (Å²) >= 11 is 1.55. The predicted octanol–water partition coefficient (Wildman–Crippen LogP) is 3.38. The van der Waals surface area contributed by atoms with Crippen molar-refractivity contribution in [2.24, 2.45) is 0 Å². The summed E-state index contributed by atoms with van der Waals surface area (Å²) in [7, 11) is 0. The SMILES string of the molecule is Cc1ccc(Sc2n[nH]c(=O)c3ccccc23)cc1. The van der Waals surface area contributed by atoms with E-state index >= 15 is 0 Å². The maximum Gasteiger partial charge on any atom is 0.272 e. The Balaban J connectivity index is 2.08. The molecule has 94 valence electrons. The molecule has 0 spiro atoms. The Kier molecular flexibility index (Phi) is 3.09. The van der Waals surface area contributed by atoms with Crippen LogP contribution in [0.15, 0.2) is 63.2 Å². The molecule has 3 nitrogen and oxygen atoms in total. The second-order valence-corrected chi connectivity index (χ2v) is 5.38. The van der Waals surface area contributed by atoms with E-state index in [9.17, 15) is 4.79 Å². The third-order valence-corrected chi connectivity index (χ3v) is 3.91. The summed E-state index contributed by atoms with van der Waals surface area (Å²) in [6.45, 7) is 2.06. The van der Waals surface area contributed by atoms with Gasteiger partial charge in [-0.1, -0.05) is 47.7 Å². The number of rotatable bonds is 2. The summed E-state index contributed by atoms with van der Waals surface area (Å²) in [5.74, 6) is 0. The van der Waals surface area contributed by atoms with E-state index in [1.807, 2.05) is 24.3 Å². The molecule has 0 saturated heterocycles. The Labute approximate surface area is 114 Å². The lowest BCUT2D eigenvalue weighted by Gasteiger charge is -2.04. The van der Waals surface area contributed by atoms with Gasteiger partial charge in [0.1, 0.15) is 5.03 Å². The summed E-state index contributed by atoms with van der Waals surface area (Å²) in [6.07, 6.45) is 0. The van der Waals surface area contributed by atoms with Gasteiger partial charge in [-0.2, -0.15) is 5.10 Å². The van der Waals surface area contributed by atoms with Crippen LogP contribution in [0.3, 0.4) is 0 Å². The van der Waals surface area contributed by atoms with Crippen LogP contribution in [0, 0.1) is 6.92 Å². The molecule has 0 aliphatic carbocycles. The molecule has 4 heteroatoms. The fourth-order valence-corrected chi connectivity index (χ4v) is 2.76. The zero-order valence-corrected chi connectivity index (χ0v) is 11.2. The lowest BCUT2D eigenvalue weighted by atomic mass is 10.2. The van der Waals surface area contributed by atoms with Crippen molar-refractivity contribution in [1.29, 1.82) is 0 Å². The summed E-state index contributed by atoms with van der Waals surface area (Å²) in [4.78, 5) is 12.8. The zero-order chi connectivity index (χ0) is 13.2. The molecule has 0 amide bonds. The Morgan fingerprint density at radius 3 is 2.42 bits per heavy atom. The van der Waals surface area contributed by atoms with Crippen LogP contribution in [0.4, 0.5) is 0 Å². The maximum absolute atomic E-state index is 11.7. The van der Waals surface area contributed by atoms with Crippen LogP contribution in [-0.4, -0.2) is 10.2 Å². The van der Waals surface area contributed by atoms with Crippen LogP contribution in [0.1, 0.15) is 5.56 Å². The second kappa shape index (κ2) is 4.90. The smallest absolute Gasteiger partial charge is 0.267 e. The van der Waals surface area contributed by atoms with Gasteiger partial charge in [0.15, 0.2) is 0 Å². The minimum absolute atomic E-state index is 0.149. The van der Waals surface area contributed by atoms with Crippen LogP contribution in [0.25, 0.3) is 10.8 Å². The first-order valence-corrected chi connectivity index (χ1v) is 6.77. The summed E-state index contributed by atoms with van der Waals surface area (Å²) in [6, 6.07) is 15.8. The van der Waals surface area contributed by atoms with Gasteiger partial charge in [0.05, 0.1) is 5.39 Å². The fourth-order valence-electron chi connectivity index (χ4n) is 1.89. The molecular formula is C15H12N2OS. The normalized spacial score (nSPS) is 10.8. The van der Waals surface area contributed by atoms with Crippen LogP contribution in [0.5, 0.6) is 0 Å². The summed E-state index contributed by atoms with van der Waals surface area (Å²) in [5.41, 5.74) is 1.08. The van der Waals surface area contributed by atoms with Crippen LogP contribution < -0.4 is 5.56 Å². The van der Waals surface area contributed by atoms with Crippen molar-refractivity contribution in [2.75, 3.05) is 0 Å². The van der Waals surface area contributed by atoms with Crippen molar-refractivity contribution in [3.05, 3.63) is 64.4 Å². The van der Waals surface area contributed by atoms with Gasteiger partial charge in [-0.3, -0.25) is 4.79 Å². The molecule has 0 bridgehead atoms. The lowest BCUT2D eigenvalue weighted by molar-refractivity contribution is 0.927. The maximum atomic E-state index is 11.7. The van der Waals surface area contributed by atoms with Gasteiger partial charge in [-0.05, 0) is 25.1 Å². The first-order chi connectivity index (χ1) is 9.24. The van der Waals surface area contributed by atoms with E-state index in [0.29, 0.717) is 5.39 Å². The van der Waals surface area contributed by atoms with E-state index in [1.165, 1.54) is 5.56 Å². The molecule has 1 N–H and O–H groups in total. The first-order valence-electron chi connectivity index (χ1n) is 5.96. The number of aromatic amines is 1. The monoisotopic (exact) mass is 268 g/mol. The molecule has 1 aromatic heterocycles. The molecule has 0 aliphatic rings. The average molecular weight is 268 g/mol. The fraction of sp³-hybridized carbons (Fsp3) is 0.0667. The molecule has 0 saturated carbocycles. The van der Waals surface area contributed by atoms with Gasteiger partial charge < -0.3 is 0 Å². The van der Waals surface area contributed by atoms with E-state index in [4.69, 9.17) is 0 Å². The highest BCUT2D eigenvalue weighted by Gasteiger charge is 2.07. The van der Waals surface area contributed by atoms with Crippen LogP contribution in [0.2, 0.25) is 0 Å². The van der Waals surface area contributed by atoms with E-state index < -0.39 is 0 Å². The number of nitrogens with zero attached hydrogens (tertiary/aromatic N) is 1. The largest absolute Gasteiger partial charge is 0.272 e. The van der Waals surface area contributed by atoms with E-state index in [-0.39, 0.29) is 5.56 Å². The van der Waals surface area contributed by atoms with Gasteiger partial charge in [0.25, 0.3) is 5.56 Å². The average Bonchev–Trinajstić information content (AvgIpc) is 2.45. The van der Waals surface area contributed by atoms with Gasteiger partial charge in [0.2, 0.25) is 0 Å². The molecule has 19 heavy (non-hydrogen) atoms. The third kappa shape index (κ3) is 2.39. The predicted molar refractivity (Wildman–Crippen MR) is 77.7 cm³/mol. The van der Waals surface area contributed by atoms with E-state index in [1.54, 1.807) is 11.8 Å². The highest BCUT2D eigenvalue weighted by atomic mass is 32.2. The van der Waals surface area contributed by atoms with Gasteiger partial charge in [-0.25, -0.2) is 5.10 Å². The summed E-state index contributed by atoms with van der Waals surface area (Å²) < 4.78 is 0. The van der Waals surface area contributed by atoms with Crippen LogP contribution >= 0.6 is 11.8 Å². The minimum atomic E-state index is -0.149. The Hall–Kier alpha value is -2.07. The van der Waals surface area contributed by atoms with Crippen molar-refractivity contribution >= 4 is 22.5 Å². The van der Waals surface area contributed by atoms with Crippen LogP contribution in [-0.2, 0) is 0 Å². The van der Waals surface area contributed by atoms with Crippen molar-refractivity contribution in [3.8, 4) is 0 Å². The summed E-state index contributed by atoms with van der Waals surface area (Å²) in [5, 5.41) is 9.08. The number of fused-ring (bicyclic) bond motifs is 1. The molecular weight excluding hydrogens is 256 g/mol. The lowest BCUT2D eigenvalue weighted by Crippen LogP contribution is -2.08. The molecule has 0 radical (unpaired) electrons. The molecule has 2 aromatic carbocycles. The number of hydrogen-bond acceptors (Lipinski definition) is 3. The number of aryl methyl sites for hydroxylation is 1. The van der Waals surface area contributed by atoms with E-state index in [2.05, 4.69) is 41.4 Å². The van der Waals surface area contributed by atoms with Gasteiger partial charge in [0, 0.05) is 10.3 Å². The van der Waals surface area contributed by atoms with Gasteiger partial charge >= 0.3 is 0 Å². The molecule has 0 unspecified atom stereocenters. The third-order valence-electron chi connectivity index (χ3n) is 2.90. The highest BCUT2D eigenvalue weighted by Crippen LogP contribution is 2.30. The molecule has 0 atom stereocenters. The first kappa shape index (κ1) is 12.0. The van der Waals surface area contributed by atoms with Crippen molar-refractivity contribution < 1.29 is 0 Å². The number of H-pyrrole nitrogens is 1. The number of hydrogen-bond donors (Lipinski definition) is 1. The standard InChI is InChI=1S/C15H12N2OS/c1-10-6-8-11(9-7-10)19-15-13-5-3-2-4-12(13)14(18)16-17-15/h2-9H,1H3,(H,16,18). The van der Waals surface area contributed by atoms with E-state index in [0.717, 1.165) is 15.3 Å². The molecule has 1 heterocycles. The van der Waals surface area contributed by atoms with Gasteiger partial charge in [-0.15, -0.1) is 0 Å². The Bertz CT molecular complexity index is 778. The van der Waals surface area contributed by atoms with Crippen molar-refractivity contribution in [3.63, 3.8) is 0 Å². The minimum Gasteiger partial charge on any atom is -0.267 e. The highest BCUT2D eigenvalue weighted by molar-refractivity contribution is 7.99. The number of aromatic nitrogens is 2. The Morgan fingerprint density at radius 1 is 1.00 bits per heavy atom. The van der Waals surface area contributed by atoms with Crippen molar-refractivity contribution in [2.45, 2.75) is 16.8 Å².